The van der Waals surface area contributed by atoms with Crippen LogP contribution >= 0.6 is 0 Å². The van der Waals surface area contributed by atoms with Crippen molar-refractivity contribution in [1.29, 1.82) is 0 Å². The van der Waals surface area contributed by atoms with Gasteiger partial charge in [0.2, 0.25) is 17.7 Å². The first kappa shape index (κ1) is 97.2. The Morgan fingerprint density at radius 1 is 0.311 bits per heavy atom. The van der Waals surface area contributed by atoms with E-state index in [-0.39, 0.29) is 201 Å². The average Bonchev–Trinajstić information content (AvgIpc) is 0.854. The van der Waals surface area contributed by atoms with Gasteiger partial charge in [0.05, 0.1) is 230 Å². The van der Waals surface area contributed by atoms with Crippen LogP contribution in [0.25, 0.3) is 0 Å². The Hall–Kier alpha value is -8.82. The van der Waals surface area contributed by atoms with Crippen LogP contribution in [-0.4, -0.2) is 259 Å². The molecule has 0 aromatic heterocycles. The van der Waals surface area contributed by atoms with Gasteiger partial charge in [0.25, 0.3) is 0 Å². The maximum absolute atomic E-state index is 13.1. The van der Waals surface area contributed by atoms with Crippen molar-refractivity contribution >= 4 is 71.1 Å². The van der Waals surface area contributed by atoms with E-state index in [1.165, 1.54) is 59.1 Å². The van der Waals surface area contributed by atoms with Gasteiger partial charge in [-0.3, -0.25) is 68.4 Å². The highest BCUT2D eigenvalue weighted by Gasteiger charge is 2.37. The highest BCUT2D eigenvalue weighted by Crippen LogP contribution is 2.29. The minimum absolute atomic E-state index is 0.0186. The van der Waals surface area contributed by atoms with Crippen LogP contribution < -0.4 is 22.2 Å². The molecule has 0 fully saturated rings. The fraction of sp³-hybridized carbons (Fsp3) is 0.577. The van der Waals surface area contributed by atoms with Crippen LogP contribution in [0.2, 0.25) is 0 Å². The van der Waals surface area contributed by atoms with E-state index < -0.39 is 75.9 Å². The topological polar surface area (TPSA) is 486 Å². The zero-order chi connectivity index (χ0) is 79.6. The molecule has 3 aromatic rings. The quantitative estimate of drug-likeness (QED) is 0.00997. The molecular weight excluding hydrogens is 1400 g/mol. The van der Waals surface area contributed by atoms with Crippen LogP contribution in [0.1, 0.15) is 118 Å². The van der Waals surface area contributed by atoms with E-state index in [9.17, 15) is 57.5 Å². The first-order valence-electron chi connectivity index (χ1n) is 33.2. The van der Waals surface area contributed by atoms with E-state index in [1.54, 1.807) is 60.7 Å². The Morgan fingerprint density at radius 2 is 0.500 bits per heavy atom. The number of hydrogen-bond donors (Lipinski definition) is 8. The van der Waals surface area contributed by atoms with Gasteiger partial charge in [0.15, 0.2) is 11.6 Å². The molecule has 35 heteroatoms. The minimum atomic E-state index is -1.07. The number of rotatable bonds is 52. The van der Waals surface area contributed by atoms with Crippen molar-refractivity contribution in [2.45, 2.75) is 96.9 Å². The number of carbonyl (C=O) groups excluding carboxylic acids is 11. The minimum Gasteiger partial charge on any atom is -0.478 e. The van der Waals surface area contributed by atoms with Gasteiger partial charge in [-0.15, -0.1) is 0 Å². The molecule has 35 nitrogen and oxygen atoms in total. The Kier molecular flexibility index (Phi) is 53.5. The molecular formula is C71H106N4O31. The molecule has 0 heterocycles. The molecule has 0 unspecified atom stereocenters. The van der Waals surface area contributed by atoms with Gasteiger partial charge in [-0.1, -0.05) is 77.4 Å². The highest BCUT2D eigenvalue weighted by atomic mass is 16.6. The number of carbonyl (C=O) groups is 12. The molecule has 0 aliphatic carbocycles. The summed E-state index contributed by atoms with van der Waals surface area (Å²) < 4.78 is 77.7. The maximum Gasteiger partial charge on any atom is 0.335 e. The molecule has 0 saturated heterocycles. The summed E-state index contributed by atoms with van der Waals surface area (Å²) in [5, 5.41) is 34.4. The maximum atomic E-state index is 13.1. The first-order valence-corrected chi connectivity index (χ1v) is 33.2. The largest absolute Gasteiger partial charge is 0.478 e. The van der Waals surface area contributed by atoms with Gasteiger partial charge in [0, 0.05) is 34.8 Å². The summed E-state index contributed by atoms with van der Waals surface area (Å²) in [5.41, 5.74) is 12.1. The van der Waals surface area contributed by atoms with Crippen LogP contribution in [0.5, 0.6) is 0 Å². The molecule has 3 amide bonds. The number of carboxylic acid groups (broad SMARTS) is 1. The van der Waals surface area contributed by atoms with E-state index in [0.29, 0.717) is 16.7 Å². The Morgan fingerprint density at radius 3 is 0.689 bits per heavy atom. The number of ketones is 2. The van der Waals surface area contributed by atoms with Crippen molar-refractivity contribution in [3.63, 3.8) is 0 Å². The molecule has 0 spiro atoms. The molecule has 3 aromatic carbocycles. The number of benzene rings is 3. The monoisotopic (exact) mass is 1510 g/mol. The van der Waals surface area contributed by atoms with Crippen LogP contribution in [-0.2, 0) is 114 Å². The third-order valence-corrected chi connectivity index (χ3v) is 14.6. The summed E-state index contributed by atoms with van der Waals surface area (Å²) in [7, 11) is 7.74. The van der Waals surface area contributed by atoms with Crippen LogP contribution in [0.3, 0.4) is 0 Å². The zero-order valence-corrected chi connectivity index (χ0v) is 61.8. The second kappa shape index (κ2) is 58.4. The lowest BCUT2D eigenvalue weighted by atomic mass is 9.83. The number of aryl methyl sites for hydroxylation is 3. The average molecular weight is 1510 g/mol. The predicted molar refractivity (Wildman–Crippen MR) is 371 cm³/mol. The first-order chi connectivity index (χ1) is 50.6. The van der Waals surface area contributed by atoms with Crippen LogP contribution in [0, 0.1) is 31.6 Å². The summed E-state index contributed by atoms with van der Waals surface area (Å²) in [6, 6.07) is 20.9. The molecule has 0 atom stereocenters. The number of ether oxygens (including phenoxy) is 15. The number of hydroxylamine groups is 3. The summed E-state index contributed by atoms with van der Waals surface area (Å²) in [6.07, 6.45) is -0.0302. The van der Waals surface area contributed by atoms with Gasteiger partial charge in [-0.25, -0.2) is 21.2 Å². The van der Waals surface area contributed by atoms with Crippen molar-refractivity contribution in [2.24, 2.45) is 16.6 Å². The van der Waals surface area contributed by atoms with Gasteiger partial charge >= 0.3 is 41.8 Å². The second-order valence-corrected chi connectivity index (χ2v) is 23.8. The molecule has 0 bridgehead atoms. The number of nitrogens with one attached hydrogen (secondary N) is 3. The van der Waals surface area contributed by atoms with Crippen molar-refractivity contribution in [3.05, 3.63) is 106 Å². The second-order valence-electron chi connectivity index (χ2n) is 23.8. The summed E-state index contributed by atoms with van der Waals surface area (Å²) in [5.74, 6) is -5.63. The molecule has 0 saturated carbocycles. The van der Waals surface area contributed by atoms with E-state index in [0.717, 1.165) is 16.7 Å². The molecule has 9 N–H and O–H groups in total. The van der Waals surface area contributed by atoms with Crippen LogP contribution in [0.15, 0.2) is 72.8 Å². The summed E-state index contributed by atoms with van der Waals surface area (Å²) >= 11 is 0. The lowest BCUT2D eigenvalue weighted by Crippen LogP contribution is -2.53. The number of Topliss-reactive ketones (excluding diaryl/α,β-unsaturated/α-hetero) is 2. The Bertz CT molecular complexity index is 2740. The zero-order valence-electron chi connectivity index (χ0n) is 61.8. The number of hydrogen-bond acceptors (Lipinski definition) is 31. The number of aromatic carboxylic acids is 1. The third kappa shape index (κ3) is 47.6. The number of nitrogens with two attached hydrogens (primary N) is 1. The van der Waals surface area contributed by atoms with E-state index in [1.807, 2.05) is 32.9 Å². The van der Waals surface area contributed by atoms with Crippen molar-refractivity contribution < 1.29 is 149 Å². The van der Waals surface area contributed by atoms with Gasteiger partial charge in [-0.05, 0) is 32.9 Å². The fourth-order valence-electron chi connectivity index (χ4n) is 8.51. The molecule has 0 radical (unpaired) electrons. The summed E-state index contributed by atoms with van der Waals surface area (Å²) in [4.78, 5) is 138. The van der Waals surface area contributed by atoms with Crippen molar-refractivity contribution in [3.8, 4) is 0 Å². The van der Waals surface area contributed by atoms with Crippen LogP contribution in [0.4, 0.5) is 0 Å². The van der Waals surface area contributed by atoms with E-state index >= 15 is 0 Å². The van der Waals surface area contributed by atoms with Gasteiger partial charge in [0.1, 0.15) is 0 Å². The smallest absolute Gasteiger partial charge is 0.335 e. The highest BCUT2D eigenvalue weighted by molar-refractivity contribution is 5.97. The lowest BCUT2D eigenvalue weighted by molar-refractivity contribution is -0.145. The van der Waals surface area contributed by atoms with Crippen molar-refractivity contribution in [2.75, 3.05) is 162 Å². The fourth-order valence-corrected chi connectivity index (χ4v) is 8.51. The Balaban J connectivity index is 0.00000147. The number of amides is 3. The predicted octanol–water partition coefficient (Wildman–Crippen LogP) is 3.70. The molecule has 0 aliphatic rings. The Labute approximate surface area is 616 Å². The SMILES string of the molecule is COC(=O)CCOCC(COCCC(=O)OC)(COCCC(=O)OC)CC(=O)c1ccc(C)cc1.COC(=O)CCOCC(N)(COCCC(=O)OC)COCCC(=O)OC.Cc1ccc(C(=O)CC(COCCC(=O)NO)(COCCC(=O)NO)COCCC(=O)NO)cc1.Cc1ccc(C(=O)O)cc1. The number of methoxy groups -OCH3 is 6. The lowest BCUT2D eigenvalue weighted by Gasteiger charge is -2.33. The molecule has 0 aliphatic heterocycles. The molecule has 596 valence electrons. The normalized spacial score (nSPS) is 10.9. The molecule has 3 rings (SSSR count). The summed E-state index contributed by atoms with van der Waals surface area (Å²) in [6.45, 7) is 6.24. The third-order valence-electron chi connectivity index (χ3n) is 14.6. The number of carboxylic acids is 1. The molecule has 106 heavy (non-hydrogen) atoms. The van der Waals surface area contributed by atoms with E-state index in [2.05, 4.69) is 28.4 Å². The van der Waals surface area contributed by atoms with Crippen molar-refractivity contribution in [1.82, 2.24) is 16.4 Å². The van der Waals surface area contributed by atoms with Gasteiger partial charge in [-0.2, -0.15) is 0 Å². The number of esters is 6. The van der Waals surface area contributed by atoms with E-state index in [4.69, 9.17) is 69.1 Å². The standard InChI is InChI=1S/C25H36O10.C22H33N3O10.C16H29NO9.C8H8O2/c1-19-5-7-20(8-6-19)21(26)15-25(16-33-12-9-22(27)30-2,17-34-13-10-23(28)31-3)18-35-14-11-24(29)32-4;1-16-2-4-17(5-3-16)18(26)12-22(13-33-9-6-19(27)23-30,14-34-10-7-20(28)24-31)15-35-11-8-21(29)25-32;1-21-13(18)4-7-24-10-16(17,11-25-8-5-14(19)22-2)12-26-9-6-15(20)23-3;1-6-2-4-7(5-3-6)8(9)10/h5-8H,9-18H2,1-4H3;2-5,30-32H,6-15H2,1H3,(H,23,27)(H,24,28)(H,25,29);4-12,17H2,1-3H3;2-5H,1H3,(H,9,10). The van der Waals surface area contributed by atoms with Gasteiger partial charge < -0.3 is 81.9 Å².